The molecular weight excluding hydrogens is 278 g/mol. The maximum absolute atomic E-state index is 12.6. The molecule has 0 aliphatic heterocycles. The highest BCUT2D eigenvalue weighted by Crippen LogP contribution is 2.24. The van der Waals surface area contributed by atoms with E-state index in [-0.39, 0.29) is 16.5 Å². The van der Waals surface area contributed by atoms with Gasteiger partial charge in [-0.2, -0.15) is 0 Å². The predicted molar refractivity (Wildman–Crippen MR) is 94.2 cm³/mol. The predicted octanol–water partition coefficient (Wildman–Crippen LogP) is 4.23. The van der Waals surface area contributed by atoms with Crippen molar-refractivity contribution < 1.29 is 4.21 Å². The number of rotatable bonds is 9. The van der Waals surface area contributed by atoms with Gasteiger partial charge < -0.3 is 5.32 Å². The van der Waals surface area contributed by atoms with E-state index < -0.39 is 10.8 Å². The van der Waals surface area contributed by atoms with Crippen molar-refractivity contribution in [2.45, 2.75) is 70.4 Å². The molecule has 0 fully saturated rings. The molecule has 0 saturated carbocycles. The Hall–Kier alpha value is -0.670. The summed E-state index contributed by atoms with van der Waals surface area (Å²) in [7, 11) is -0.813. The largest absolute Gasteiger partial charge is 0.309 e. The summed E-state index contributed by atoms with van der Waals surface area (Å²) in [5.41, 5.74) is 2.61. The van der Waals surface area contributed by atoms with Crippen LogP contribution in [0.15, 0.2) is 24.3 Å². The second-order valence-corrected chi connectivity index (χ2v) is 7.98. The molecule has 1 rings (SSSR count). The Bertz CT molecular complexity index is 429. The summed E-state index contributed by atoms with van der Waals surface area (Å²) in [5.74, 6) is 0. The first-order chi connectivity index (χ1) is 10.0. The third-order valence-electron chi connectivity index (χ3n) is 4.17. The quantitative estimate of drug-likeness (QED) is 0.740. The molecule has 1 N–H and O–H groups in total. The molecule has 120 valence electrons. The molecule has 4 unspecified atom stereocenters. The van der Waals surface area contributed by atoms with Crippen LogP contribution in [-0.4, -0.2) is 21.3 Å². The molecule has 0 amide bonds. The summed E-state index contributed by atoms with van der Waals surface area (Å²) in [4.78, 5) is 0. The van der Waals surface area contributed by atoms with E-state index in [1.807, 2.05) is 0 Å². The molecule has 2 nitrogen and oxygen atoms in total. The van der Waals surface area contributed by atoms with Crippen molar-refractivity contribution in [1.82, 2.24) is 5.32 Å². The number of nitrogens with one attached hydrogen (secondary N) is 1. The van der Waals surface area contributed by atoms with Gasteiger partial charge in [-0.15, -0.1) is 0 Å². The van der Waals surface area contributed by atoms with Gasteiger partial charge in [0.25, 0.3) is 0 Å². The Morgan fingerprint density at radius 3 is 2.19 bits per heavy atom. The fourth-order valence-electron chi connectivity index (χ4n) is 2.48. The minimum atomic E-state index is -0.813. The van der Waals surface area contributed by atoms with Gasteiger partial charge in [-0.3, -0.25) is 4.21 Å². The molecule has 0 radical (unpaired) electrons. The van der Waals surface area contributed by atoms with Crippen LogP contribution in [0.25, 0.3) is 0 Å². The van der Waals surface area contributed by atoms with Gasteiger partial charge in [-0.1, -0.05) is 52.0 Å². The first-order valence-electron chi connectivity index (χ1n) is 8.26. The van der Waals surface area contributed by atoms with Crippen LogP contribution in [0.5, 0.6) is 0 Å². The first kappa shape index (κ1) is 18.4. The highest BCUT2D eigenvalue weighted by Gasteiger charge is 2.26. The van der Waals surface area contributed by atoms with E-state index in [9.17, 15) is 4.21 Å². The van der Waals surface area contributed by atoms with Crippen molar-refractivity contribution in [2.24, 2.45) is 0 Å². The standard InChI is InChI=1S/C18H31NOS/c1-6-13-19-18(15(5)21(20)14(4)7-2)17-11-9-16(8-3)10-12-17/h9-12,14-15,18-19H,6-8,13H2,1-5H3. The third kappa shape index (κ3) is 5.23. The molecule has 0 aliphatic carbocycles. The van der Waals surface area contributed by atoms with Crippen LogP contribution in [0, 0.1) is 0 Å². The van der Waals surface area contributed by atoms with Crippen molar-refractivity contribution in [1.29, 1.82) is 0 Å². The van der Waals surface area contributed by atoms with Crippen LogP contribution in [-0.2, 0) is 17.2 Å². The zero-order chi connectivity index (χ0) is 15.8. The molecule has 21 heavy (non-hydrogen) atoms. The molecule has 3 heteroatoms. The Labute approximate surface area is 133 Å². The number of hydrogen-bond acceptors (Lipinski definition) is 2. The van der Waals surface area contributed by atoms with Gasteiger partial charge in [0.1, 0.15) is 0 Å². The fraction of sp³-hybridized carbons (Fsp3) is 0.667. The summed E-state index contributed by atoms with van der Waals surface area (Å²) in [6.07, 6.45) is 3.11. The Kier molecular flexibility index (Phi) is 8.20. The highest BCUT2D eigenvalue weighted by molar-refractivity contribution is 7.86. The van der Waals surface area contributed by atoms with Crippen molar-refractivity contribution in [3.63, 3.8) is 0 Å². The van der Waals surface area contributed by atoms with E-state index >= 15 is 0 Å². The van der Waals surface area contributed by atoms with Crippen LogP contribution in [0.2, 0.25) is 0 Å². The first-order valence-corrected chi connectivity index (χ1v) is 9.54. The maximum Gasteiger partial charge on any atom is 0.0517 e. The third-order valence-corrected chi connectivity index (χ3v) is 6.30. The second-order valence-electron chi connectivity index (χ2n) is 5.78. The molecule has 0 aromatic heterocycles. The maximum atomic E-state index is 12.6. The van der Waals surface area contributed by atoms with E-state index in [2.05, 4.69) is 64.2 Å². The molecule has 0 heterocycles. The molecule has 1 aromatic carbocycles. The highest BCUT2D eigenvalue weighted by atomic mass is 32.2. The zero-order valence-corrected chi connectivity index (χ0v) is 15.0. The molecule has 4 atom stereocenters. The van der Waals surface area contributed by atoms with Gasteiger partial charge in [0.2, 0.25) is 0 Å². The van der Waals surface area contributed by atoms with E-state index in [4.69, 9.17) is 0 Å². The Balaban J connectivity index is 2.94. The van der Waals surface area contributed by atoms with Crippen molar-refractivity contribution in [3.05, 3.63) is 35.4 Å². The number of hydrogen-bond donors (Lipinski definition) is 1. The summed E-state index contributed by atoms with van der Waals surface area (Å²) in [5, 5.41) is 3.96. The summed E-state index contributed by atoms with van der Waals surface area (Å²) in [6.45, 7) is 11.6. The summed E-state index contributed by atoms with van der Waals surface area (Å²) < 4.78 is 12.6. The van der Waals surface area contributed by atoms with Crippen LogP contribution >= 0.6 is 0 Å². The molecular formula is C18H31NOS. The van der Waals surface area contributed by atoms with Crippen LogP contribution in [0.3, 0.4) is 0 Å². The fourth-order valence-corrected chi connectivity index (χ4v) is 4.06. The van der Waals surface area contributed by atoms with Gasteiger partial charge in [-0.05, 0) is 43.9 Å². The molecule has 0 spiro atoms. The number of benzene rings is 1. The lowest BCUT2D eigenvalue weighted by Crippen LogP contribution is -2.36. The second kappa shape index (κ2) is 9.37. The lowest BCUT2D eigenvalue weighted by atomic mass is 10.0. The molecule has 0 aliphatic rings. The van der Waals surface area contributed by atoms with Gasteiger partial charge >= 0.3 is 0 Å². The van der Waals surface area contributed by atoms with Crippen LogP contribution in [0.1, 0.15) is 64.6 Å². The van der Waals surface area contributed by atoms with Crippen LogP contribution < -0.4 is 5.32 Å². The molecule has 1 aromatic rings. The van der Waals surface area contributed by atoms with E-state index in [0.29, 0.717) is 0 Å². The monoisotopic (exact) mass is 309 g/mol. The van der Waals surface area contributed by atoms with E-state index in [0.717, 1.165) is 25.8 Å². The van der Waals surface area contributed by atoms with Crippen molar-refractivity contribution >= 4 is 10.8 Å². The topological polar surface area (TPSA) is 29.1 Å². The zero-order valence-electron chi connectivity index (χ0n) is 14.2. The van der Waals surface area contributed by atoms with Crippen molar-refractivity contribution in [3.8, 4) is 0 Å². The van der Waals surface area contributed by atoms with Gasteiger partial charge in [0, 0.05) is 22.1 Å². The number of aryl methyl sites for hydroxylation is 1. The van der Waals surface area contributed by atoms with Gasteiger partial charge in [-0.25, -0.2) is 0 Å². The lowest BCUT2D eigenvalue weighted by Gasteiger charge is -2.27. The SMILES string of the molecule is CCCNC(c1ccc(CC)cc1)C(C)S(=O)C(C)CC. The average Bonchev–Trinajstić information content (AvgIpc) is 2.54. The average molecular weight is 310 g/mol. The van der Waals surface area contributed by atoms with E-state index in [1.165, 1.54) is 11.1 Å². The Morgan fingerprint density at radius 1 is 1.10 bits per heavy atom. The minimum absolute atomic E-state index is 0.124. The Morgan fingerprint density at radius 2 is 1.71 bits per heavy atom. The molecule has 0 bridgehead atoms. The van der Waals surface area contributed by atoms with E-state index in [1.54, 1.807) is 0 Å². The van der Waals surface area contributed by atoms with Gasteiger partial charge in [0.15, 0.2) is 0 Å². The van der Waals surface area contributed by atoms with Crippen molar-refractivity contribution in [2.75, 3.05) is 6.54 Å². The van der Waals surface area contributed by atoms with Gasteiger partial charge in [0.05, 0.1) is 5.25 Å². The smallest absolute Gasteiger partial charge is 0.0517 e. The minimum Gasteiger partial charge on any atom is -0.309 e. The normalized spacial score (nSPS) is 17.2. The summed E-state index contributed by atoms with van der Waals surface area (Å²) in [6, 6.07) is 8.93. The van der Waals surface area contributed by atoms with Crippen LogP contribution in [0.4, 0.5) is 0 Å². The summed E-state index contributed by atoms with van der Waals surface area (Å²) >= 11 is 0. The molecule has 0 saturated heterocycles. The lowest BCUT2D eigenvalue weighted by molar-refractivity contribution is 0.515.